The molecular formula is C17H21F2NO3. The van der Waals surface area contributed by atoms with Crippen LogP contribution in [0.15, 0.2) is 18.2 Å². The van der Waals surface area contributed by atoms with E-state index in [9.17, 15) is 18.7 Å². The third kappa shape index (κ3) is 3.53. The quantitative estimate of drug-likeness (QED) is 0.923. The molecule has 0 spiro atoms. The fourth-order valence-electron chi connectivity index (χ4n) is 3.63. The normalized spacial score (nSPS) is 28.1. The van der Waals surface area contributed by atoms with Gasteiger partial charge in [0.2, 0.25) is 5.91 Å². The van der Waals surface area contributed by atoms with Gasteiger partial charge in [-0.2, -0.15) is 0 Å². The van der Waals surface area contributed by atoms with Gasteiger partial charge >= 0.3 is 0 Å². The molecule has 1 aliphatic carbocycles. The SMILES string of the molecule is O=C(Cc1ccc(F)c(F)c1)N1CCOCC1C1CCCC1O. The van der Waals surface area contributed by atoms with Gasteiger partial charge in [-0.3, -0.25) is 4.79 Å². The predicted octanol–water partition coefficient (Wildman–Crippen LogP) is 1.90. The van der Waals surface area contributed by atoms with E-state index in [1.165, 1.54) is 6.07 Å². The van der Waals surface area contributed by atoms with Crippen molar-refractivity contribution in [2.75, 3.05) is 19.8 Å². The van der Waals surface area contributed by atoms with E-state index >= 15 is 0 Å². The number of ether oxygens (including phenoxy) is 1. The molecule has 0 radical (unpaired) electrons. The van der Waals surface area contributed by atoms with Gasteiger partial charge in [-0.15, -0.1) is 0 Å². The topological polar surface area (TPSA) is 49.8 Å². The molecule has 1 aromatic rings. The molecule has 3 unspecified atom stereocenters. The van der Waals surface area contributed by atoms with Gasteiger partial charge in [0.05, 0.1) is 31.8 Å². The Morgan fingerprint density at radius 3 is 2.83 bits per heavy atom. The molecule has 23 heavy (non-hydrogen) atoms. The zero-order valence-electron chi connectivity index (χ0n) is 12.9. The molecule has 1 aromatic carbocycles. The van der Waals surface area contributed by atoms with Gasteiger partial charge in [0.1, 0.15) is 0 Å². The number of benzene rings is 1. The summed E-state index contributed by atoms with van der Waals surface area (Å²) >= 11 is 0. The highest BCUT2D eigenvalue weighted by atomic mass is 19.2. The summed E-state index contributed by atoms with van der Waals surface area (Å²) in [6, 6.07) is 3.39. The van der Waals surface area contributed by atoms with Crippen LogP contribution in [0.5, 0.6) is 0 Å². The second kappa shape index (κ2) is 6.93. The highest BCUT2D eigenvalue weighted by Gasteiger charge is 2.39. The van der Waals surface area contributed by atoms with Crippen molar-refractivity contribution in [1.82, 2.24) is 4.90 Å². The van der Waals surface area contributed by atoms with E-state index in [1.807, 2.05) is 0 Å². The van der Waals surface area contributed by atoms with Crippen LogP contribution < -0.4 is 0 Å². The highest BCUT2D eigenvalue weighted by molar-refractivity contribution is 5.79. The monoisotopic (exact) mass is 325 g/mol. The molecule has 1 N–H and O–H groups in total. The fraction of sp³-hybridized carbons (Fsp3) is 0.588. The molecule has 0 bridgehead atoms. The predicted molar refractivity (Wildman–Crippen MR) is 79.7 cm³/mol. The molecule has 3 rings (SSSR count). The smallest absolute Gasteiger partial charge is 0.227 e. The highest BCUT2D eigenvalue weighted by Crippen LogP contribution is 2.32. The van der Waals surface area contributed by atoms with Gasteiger partial charge < -0.3 is 14.7 Å². The van der Waals surface area contributed by atoms with Crippen molar-refractivity contribution in [2.45, 2.75) is 37.8 Å². The number of rotatable bonds is 3. The standard InChI is InChI=1S/C17H21F2NO3/c18-13-5-4-11(8-14(13)19)9-17(22)20-6-7-23-10-15(20)12-2-1-3-16(12)21/h4-5,8,12,15-16,21H,1-3,6-7,9-10H2. The Morgan fingerprint density at radius 1 is 1.30 bits per heavy atom. The third-order valence-electron chi connectivity index (χ3n) is 4.85. The van der Waals surface area contributed by atoms with Crippen molar-refractivity contribution in [2.24, 2.45) is 5.92 Å². The first-order valence-electron chi connectivity index (χ1n) is 8.05. The Morgan fingerprint density at radius 2 is 2.13 bits per heavy atom. The molecule has 2 fully saturated rings. The molecule has 1 saturated heterocycles. The van der Waals surface area contributed by atoms with Gasteiger partial charge in [-0.25, -0.2) is 8.78 Å². The molecule has 1 heterocycles. The molecule has 1 saturated carbocycles. The summed E-state index contributed by atoms with van der Waals surface area (Å²) in [6.45, 7) is 1.35. The number of hydrogen-bond acceptors (Lipinski definition) is 3. The van der Waals surface area contributed by atoms with Crippen molar-refractivity contribution in [3.05, 3.63) is 35.4 Å². The number of halogens is 2. The van der Waals surface area contributed by atoms with Gasteiger partial charge in [-0.1, -0.05) is 12.5 Å². The average molecular weight is 325 g/mol. The maximum absolute atomic E-state index is 13.3. The van der Waals surface area contributed by atoms with Crippen LogP contribution in [-0.2, 0) is 16.0 Å². The summed E-state index contributed by atoms with van der Waals surface area (Å²) in [5.74, 6) is -1.97. The molecule has 1 aliphatic heterocycles. The van der Waals surface area contributed by atoms with Crippen molar-refractivity contribution in [3.63, 3.8) is 0 Å². The number of hydrogen-bond donors (Lipinski definition) is 1. The largest absolute Gasteiger partial charge is 0.393 e. The summed E-state index contributed by atoms with van der Waals surface area (Å²) < 4.78 is 31.8. The minimum Gasteiger partial charge on any atom is -0.393 e. The Kier molecular flexibility index (Phi) is 4.92. The first kappa shape index (κ1) is 16.3. The lowest BCUT2D eigenvalue weighted by molar-refractivity contribution is -0.143. The minimum absolute atomic E-state index is 0.0243. The van der Waals surface area contributed by atoms with Crippen molar-refractivity contribution in [3.8, 4) is 0 Å². The van der Waals surface area contributed by atoms with Crippen LogP contribution in [0.4, 0.5) is 8.78 Å². The third-order valence-corrected chi connectivity index (χ3v) is 4.85. The number of aliphatic hydroxyl groups is 1. The first-order chi connectivity index (χ1) is 11.1. The molecular weight excluding hydrogens is 304 g/mol. The number of carbonyl (C=O) groups excluding carboxylic acids is 1. The lowest BCUT2D eigenvalue weighted by Crippen LogP contribution is -2.54. The molecule has 2 aliphatic rings. The zero-order chi connectivity index (χ0) is 16.4. The maximum Gasteiger partial charge on any atom is 0.227 e. The number of morpholine rings is 1. The van der Waals surface area contributed by atoms with Crippen LogP contribution >= 0.6 is 0 Å². The van der Waals surface area contributed by atoms with Crippen LogP contribution in [0.2, 0.25) is 0 Å². The Hall–Kier alpha value is -1.53. The van der Waals surface area contributed by atoms with Crippen LogP contribution in [-0.4, -0.2) is 47.8 Å². The van der Waals surface area contributed by atoms with Crippen LogP contribution in [0.3, 0.4) is 0 Å². The molecule has 126 valence electrons. The number of aliphatic hydroxyl groups excluding tert-OH is 1. The van der Waals surface area contributed by atoms with Gasteiger partial charge in [0.25, 0.3) is 0 Å². The van der Waals surface area contributed by atoms with Crippen molar-refractivity contribution < 1.29 is 23.4 Å². The molecule has 3 atom stereocenters. The van der Waals surface area contributed by atoms with Crippen molar-refractivity contribution in [1.29, 1.82) is 0 Å². The van der Waals surface area contributed by atoms with Crippen LogP contribution in [0, 0.1) is 17.6 Å². The van der Waals surface area contributed by atoms with E-state index in [1.54, 1.807) is 4.90 Å². The Bertz CT molecular complexity index is 581. The van der Waals surface area contributed by atoms with E-state index < -0.39 is 17.7 Å². The lowest BCUT2D eigenvalue weighted by atomic mass is 9.93. The van der Waals surface area contributed by atoms with Crippen LogP contribution in [0.1, 0.15) is 24.8 Å². The minimum atomic E-state index is -0.944. The number of nitrogens with zero attached hydrogens (tertiary/aromatic N) is 1. The number of carbonyl (C=O) groups is 1. The Labute approximate surface area is 134 Å². The second-order valence-electron chi connectivity index (χ2n) is 6.32. The molecule has 1 amide bonds. The zero-order valence-corrected chi connectivity index (χ0v) is 12.9. The summed E-state index contributed by atoms with van der Waals surface area (Å²) in [6.07, 6.45) is 2.21. The first-order valence-corrected chi connectivity index (χ1v) is 8.05. The van der Waals surface area contributed by atoms with Crippen LogP contribution in [0.25, 0.3) is 0 Å². The Balaban J connectivity index is 1.72. The maximum atomic E-state index is 13.3. The molecule has 6 heteroatoms. The van der Waals surface area contributed by atoms with Gasteiger partial charge in [0.15, 0.2) is 11.6 Å². The summed E-state index contributed by atoms with van der Waals surface area (Å²) in [5, 5.41) is 10.1. The van der Waals surface area contributed by atoms with E-state index in [2.05, 4.69) is 0 Å². The lowest BCUT2D eigenvalue weighted by Gasteiger charge is -2.40. The molecule has 4 nitrogen and oxygen atoms in total. The van der Waals surface area contributed by atoms with E-state index in [-0.39, 0.29) is 24.3 Å². The second-order valence-corrected chi connectivity index (χ2v) is 6.32. The fourth-order valence-corrected chi connectivity index (χ4v) is 3.63. The van der Waals surface area contributed by atoms with Gasteiger partial charge in [-0.05, 0) is 30.5 Å². The van der Waals surface area contributed by atoms with Crippen molar-refractivity contribution >= 4 is 5.91 Å². The average Bonchev–Trinajstić information content (AvgIpc) is 2.97. The van der Waals surface area contributed by atoms with E-state index in [0.29, 0.717) is 25.3 Å². The summed E-state index contributed by atoms with van der Waals surface area (Å²) in [4.78, 5) is 14.4. The van der Waals surface area contributed by atoms with E-state index in [0.717, 1.165) is 31.4 Å². The van der Waals surface area contributed by atoms with Gasteiger partial charge in [0, 0.05) is 12.5 Å². The summed E-state index contributed by atoms with van der Waals surface area (Å²) in [5.41, 5.74) is 0.450. The number of amides is 1. The van der Waals surface area contributed by atoms with E-state index in [4.69, 9.17) is 4.74 Å². The molecule has 0 aromatic heterocycles. The summed E-state index contributed by atoms with van der Waals surface area (Å²) in [7, 11) is 0.